The normalized spacial score (nSPS) is 11.0. The molecule has 7 heteroatoms. The third-order valence-electron chi connectivity index (χ3n) is 2.81. The van der Waals surface area contributed by atoms with Gasteiger partial charge in [-0.3, -0.25) is 4.79 Å². The van der Waals surface area contributed by atoms with E-state index in [1.165, 1.54) is 22.7 Å². The average Bonchev–Trinajstić information content (AvgIpc) is 3.03. The van der Waals surface area contributed by atoms with Gasteiger partial charge in [0.05, 0.1) is 21.0 Å². The van der Waals surface area contributed by atoms with E-state index in [0.717, 1.165) is 20.0 Å². The molecular formula is C14H11ClN2OS3. The van der Waals surface area contributed by atoms with E-state index in [2.05, 4.69) is 10.3 Å². The number of anilines is 1. The molecule has 0 spiro atoms. The Hall–Kier alpha value is -1.08. The maximum absolute atomic E-state index is 12.0. The number of thiophene rings is 1. The van der Waals surface area contributed by atoms with Crippen LogP contribution in [0.4, 0.5) is 5.13 Å². The predicted molar refractivity (Wildman–Crippen MR) is 93.1 cm³/mol. The Morgan fingerprint density at radius 2 is 2.19 bits per heavy atom. The molecule has 21 heavy (non-hydrogen) atoms. The third kappa shape index (κ3) is 3.40. The molecule has 0 bridgehead atoms. The smallest absolute Gasteiger partial charge is 0.231 e. The summed E-state index contributed by atoms with van der Waals surface area (Å²) in [5.74, 6) is -0.0710. The van der Waals surface area contributed by atoms with Crippen molar-refractivity contribution in [2.45, 2.75) is 11.3 Å². The van der Waals surface area contributed by atoms with Crippen molar-refractivity contribution in [1.29, 1.82) is 0 Å². The summed E-state index contributed by atoms with van der Waals surface area (Å²) in [6.07, 6.45) is 2.34. The van der Waals surface area contributed by atoms with E-state index >= 15 is 0 Å². The van der Waals surface area contributed by atoms with Gasteiger partial charge in [-0.15, -0.1) is 23.1 Å². The molecule has 0 unspecified atom stereocenters. The third-order valence-corrected chi connectivity index (χ3v) is 5.75. The molecule has 0 aliphatic heterocycles. The second-order valence-electron chi connectivity index (χ2n) is 4.26. The fourth-order valence-electron chi connectivity index (χ4n) is 1.91. The second-order valence-corrected chi connectivity index (χ2v) is 7.94. The van der Waals surface area contributed by atoms with E-state index in [1.54, 1.807) is 17.8 Å². The van der Waals surface area contributed by atoms with Crippen LogP contribution in [0.1, 0.15) is 4.88 Å². The van der Waals surface area contributed by atoms with Gasteiger partial charge < -0.3 is 5.32 Å². The van der Waals surface area contributed by atoms with Crippen LogP contribution in [0.15, 0.2) is 35.2 Å². The molecule has 3 aromatic rings. The first-order valence-corrected chi connectivity index (χ1v) is 9.37. The molecule has 3 rings (SSSR count). The Balaban J connectivity index is 1.77. The van der Waals surface area contributed by atoms with Crippen molar-refractivity contribution in [3.05, 3.63) is 39.5 Å². The number of amides is 1. The van der Waals surface area contributed by atoms with E-state index in [0.29, 0.717) is 15.9 Å². The van der Waals surface area contributed by atoms with Crippen LogP contribution in [-0.4, -0.2) is 17.1 Å². The van der Waals surface area contributed by atoms with E-state index in [4.69, 9.17) is 11.6 Å². The highest BCUT2D eigenvalue weighted by Crippen LogP contribution is 2.32. The van der Waals surface area contributed by atoms with Crippen molar-refractivity contribution < 1.29 is 4.79 Å². The van der Waals surface area contributed by atoms with Gasteiger partial charge in [-0.2, -0.15) is 0 Å². The second kappa shape index (κ2) is 6.36. The molecule has 1 N–H and O–H groups in total. The first kappa shape index (κ1) is 14.8. The Labute approximate surface area is 139 Å². The molecule has 2 aromatic heterocycles. The van der Waals surface area contributed by atoms with Crippen molar-refractivity contribution >= 4 is 67.3 Å². The van der Waals surface area contributed by atoms with Crippen LogP contribution in [0.2, 0.25) is 4.34 Å². The topological polar surface area (TPSA) is 42.0 Å². The molecule has 1 amide bonds. The zero-order valence-electron chi connectivity index (χ0n) is 11.1. The van der Waals surface area contributed by atoms with Crippen LogP contribution in [-0.2, 0) is 11.2 Å². The van der Waals surface area contributed by atoms with Crippen LogP contribution in [0, 0.1) is 0 Å². The van der Waals surface area contributed by atoms with Gasteiger partial charge in [0.2, 0.25) is 5.91 Å². The number of rotatable bonds is 4. The van der Waals surface area contributed by atoms with Gasteiger partial charge in [0, 0.05) is 9.77 Å². The van der Waals surface area contributed by atoms with Gasteiger partial charge in [-0.05, 0) is 30.5 Å². The standard InChI is InChI=1S/C14H11ClN2OS3/c1-19-9-3-2-4-10-13(9)17-14(21-10)16-12(18)7-8-5-6-11(15)20-8/h2-6H,7H2,1H3,(H,16,17,18). The Morgan fingerprint density at radius 1 is 1.33 bits per heavy atom. The monoisotopic (exact) mass is 354 g/mol. The van der Waals surface area contributed by atoms with Crippen LogP contribution in [0.3, 0.4) is 0 Å². The summed E-state index contributed by atoms with van der Waals surface area (Å²) in [6, 6.07) is 9.73. The molecule has 1 aromatic carbocycles. The van der Waals surface area contributed by atoms with E-state index in [1.807, 2.05) is 30.5 Å². The van der Waals surface area contributed by atoms with Crippen molar-refractivity contribution in [3.8, 4) is 0 Å². The summed E-state index contributed by atoms with van der Waals surface area (Å²) in [7, 11) is 0. The molecular weight excluding hydrogens is 344 g/mol. The van der Waals surface area contributed by atoms with Gasteiger partial charge >= 0.3 is 0 Å². The zero-order valence-corrected chi connectivity index (χ0v) is 14.3. The maximum atomic E-state index is 12.0. The Bertz CT molecular complexity index is 796. The van der Waals surface area contributed by atoms with E-state index in [9.17, 15) is 4.79 Å². The first-order chi connectivity index (χ1) is 10.2. The van der Waals surface area contributed by atoms with Gasteiger partial charge in [0.15, 0.2) is 5.13 Å². The van der Waals surface area contributed by atoms with Gasteiger partial charge in [0.1, 0.15) is 0 Å². The first-order valence-electron chi connectivity index (χ1n) is 6.13. The van der Waals surface area contributed by atoms with Crippen LogP contribution in [0.5, 0.6) is 0 Å². The molecule has 0 atom stereocenters. The van der Waals surface area contributed by atoms with Gasteiger partial charge in [-0.1, -0.05) is 29.0 Å². The predicted octanol–water partition coefficient (Wildman–Crippen LogP) is 4.91. The molecule has 3 nitrogen and oxygen atoms in total. The van der Waals surface area contributed by atoms with Crippen molar-refractivity contribution in [2.24, 2.45) is 0 Å². The fourth-order valence-corrected chi connectivity index (χ4v) is 4.53. The lowest BCUT2D eigenvalue weighted by Gasteiger charge is -1.99. The van der Waals surface area contributed by atoms with Gasteiger partial charge in [0.25, 0.3) is 0 Å². The van der Waals surface area contributed by atoms with Crippen molar-refractivity contribution in [3.63, 3.8) is 0 Å². The summed E-state index contributed by atoms with van der Waals surface area (Å²) in [6.45, 7) is 0. The largest absolute Gasteiger partial charge is 0.302 e. The quantitative estimate of drug-likeness (QED) is 0.676. The number of nitrogens with zero attached hydrogens (tertiary/aromatic N) is 1. The van der Waals surface area contributed by atoms with Crippen molar-refractivity contribution in [1.82, 2.24) is 4.98 Å². The fraction of sp³-hybridized carbons (Fsp3) is 0.143. The molecule has 0 saturated heterocycles. The maximum Gasteiger partial charge on any atom is 0.231 e. The summed E-state index contributed by atoms with van der Waals surface area (Å²) in [5, 5.41) is 3.50. The number of fused-ring (bicyclic) bond motifs is 1. The minimum atomic E-state index is -0.0710. The summed E-state index contributed by atoms with van der Waals surface area (Å²) < 4.78 is 1.78. The number of carbonyl (C=O) groups is 1. The van der Waals surface area contributed by atoms with Crippen LogP contribution >= 0.6 is 46.0 Å². The number of benzene rings is 1. The summed E-state index contributed by atoms with van der Waals surface area (Å²) in [5.41, 5.74) is 0.949. The van der Waals surface area contributed by atoms with E-state index in [-0.39, 0.29) is 5.91 Å². The number of thioether (sulfide) groups is 1. The molecule has 2 heterocycles. The number of nitrogens with one attached hydrogen (secondary N) is 1. The summed E-state index contributed by atoms with van der Waals surface area (Å²) >= 11 is 10.4. The van der Waals surface area contributed by atoms with Crippen LogP contribution < -0.4 is 5.32 Å². The average molecular weight is 355 g/mol. The molecule has 0 radical (unpaired) electrons. The minimum absolute atomic E-state index is 0.0710. The Morgan fingerprint density at radius 3 is 2.90 bits per heavy atom. The molecule has 0 fully saturated rings. The number of halogens is 1. The SMILES string of the molecule is CSc1cccc2sc(NC(=O)Cc3ccc(Cl)s3)nc12. The van der Waals surface area contributed by atoms with Gasteiger partial charge in [-0.25, -0.2) is 4.98 Å². The lowest BCUT2D eigenvalue weighted by atomic mass is 10.3. The highest BCUT2D eigenvalue weighted by molar-refractivity contribution is 7.98. The number of carbonyl (C=O) groups excluding carboxylic acids is 1. The number of aromatic nitrogens is 1. The number of hydrogen-bond donors (Lipinski definition) is 1. The number of para-hydroxylation sites is 1. The number of thiazole rings is 1. The molecule has 0 aliphatic rings. The lowest BCUT2D eigenvalue weighted by Crippen LogP contribution is -2.13. The summed E-state index contributed by atoms with van der Waals surface area (Å²) in [4.78, 5) is 18.6. The highest BCUT2D eigenvalue weighted by Gasteiger charge is 2.11. The lowest BCUT2D eigenvalue weighted by molar-refractivity contribution is -0.115. The molecule has 0 aliphatic carbocycles. The minimum Gasteiger partial charge on any atom is -0.302 e. The highest BCUT2D eigenvalue weighted by atomic mass is 35.5. The zero-order chi connectivity index (χ0) is 14.8. The van der Waals surface area contributed by atoms with Crippen molar-refractivity contribution in [2.75, 3.05) is 11.6 Å². The molecule has 0 saturated carbocycles. The Kier molecular flexibility index (Phi) is 4.49. The molecule has 108 valence electrons. The van der Waals surface area contributed by atoms with E-state index < -0.39 is 0 Å². The number of hydrogen-bond acceptors (Lipinski definition) is 5. The van der Waals surface area contributed by atoms with Crippen LogP contribution in [0.25, 0.3) is 10.2 Å².